The van der Waals surface area contributed by atoms with Crippen molar-refractivity contribution in [3.8, 4) is 6.01 Å². The summed E-state index contributed by atoms with van der Waals surface area (Å²) in [6.07, 6.45) is 1.21. The highest BCUT2D eigenvalue weighted by Gasteiger charge is 2.07. The molecule has 0 aliphatic rings. The molecule has 0 fully saturated rings. The normalized spacial score (nSPS) is 11.2. The Morgan fingerprint density at radius 3 is 2.38 bits per heavy atom. The molecule has 4 N–H and O–H groups in total. The molecular weight excluding hydrogens is 296 g/mol. The number of aromatic nitrogens is 3. The van der Waals surface area contributed by atoms with E-state index in [2.05, 4.69) is 25.6 Å². The molecule has 1 rings (SSSR count). The Labute approximate surface area is 124 Å². The fourth-order valence-corrected chi connectivity index (χ4v) is 1.95. The molecule has 0 saturated carbocycles. The maximum absolute atomic E-state index is 10.8. The van der Waals surface area contributed by atoms with E-state index >= 15 is 0 Å². The Kier molecular flexibility index (Phi) is 7.09. The van der Waals surface area contributed by atoms with Crippen LogP contribution in [0.4, 0.5) is 11.9 Å². The Bertz CT molecular complexity index is 537. The van der Waals surface area contributed by atoms with Crippen LogP contribution in [0.1, 0.15) is 26.7 Å². The number of ether oxygens (including phenoxy) is 1. The zero-order chi connectivity index (χ0) is 15.7. The highest BCUT2D eigenvalue weighted by molar-refractivity contribution is 7.89. The number of nitrogens with two attached hydrogens (primary N) is 1. The number of hydrogen-bond donors (Lipinski definition) is 3. The van der Waals surface area contributed by atoms with Gasteiger partial charge in [-0.25, -0.2) is 13.6 Å². The van der Waals surface area contributed by atoms with Crippen molar-refractivity contribution in [3.05, 3.63) is 0 Å². The van der Waals surface area contributed by atoms with Crippen LogP contribution in [0.25, 0.3) is 0 Å². The van der Waals surface area contributed by atoms with Crippen molar-refractivity contribution in [1.82, 2.24) is 15.0 Å². The molecule has 0 atom stereocenters. The van der Waals surface area contributed by atoms with E-state index < -0.39 is 10.0 Å². The van der Waals surface area contributed by atoms with E-state index in [0.29, 0.717) is 38.0 Å². The zero-order valence-electron chi connectivity index (χ0n) is 12.3. The number of nitrogens with zero attached hydrogens (tertiary/aromatic N) is 3. The standard InChI is InChI=1S/C11H22N6O3S/c1-3-7-20-11-16-9(13-4-2)15-10(17-11)14-6-5-8-21(12,18)19/h3-8H2,1-2H3,(H2,12,18,19)(H2,13,14,15,16,17). The molecule has 9 nitrogen and oxygen atoms in total. The van der Waals surface area contributed by atoms with Crippen molar-refractivity contribution >= 4 is 21.9 Å². The van der Waals surface area contributed by atoms with Crippen LogP contribution in [-0.2, 0) is 10.0 Å². The Balaban J connectivity index is 2.64. The molecule has 1 heterocycles. The van der Waals surface area contributed by atoms with E-state index in [4.69, 9.17) is 9.88 Å². The topological polar surface area (TPSA) is 132 Å². The summed E-state index contributed by atoms with van der Waals surface area (Å²) in [5.41, 5.74) is 0. The van der Waals surface area contributed by atoms with Crippen molar-refractivity contribution in [3.63, 3.8) is 0 Å². The lowest BCUT2D eigenvalue weighted by Crippen LogP contribution is -2.19. The van der Waals surface area contributed by atoms with Crippen molar-refractivity contribution in [2.24, 2.45) is 5.14 Å². The minimum Gasteiger partial charge on any atom is -0.463 e. The van der Waals surface area contributed by atoms with Gasteiger partial charge < -0.3 is 15.4 Å². The van der Waals surface area contributed by atoms with Crippen LogP contribution in [0.2, 0.25) is 0 Å². The minimum absolute atomic E-state index is 0.0929. The molecule has 0 spiro atoms. The van der Waals surface area contributed by atoms with Gasteiger partial charge in [0, 0.05) is 13.1 Å². The smallest absolute Gasteiger partial charge is 0.323 e. The minimum atomic E-state index is -3.45. The van der Waals surface area contributed by atoms with Crippen molar-refractivity contribution < 1.29 is 13.2 Å². The van der Waals surface area contributed by atoms with Crippen molar-refractivity contribution in [1.29, 1.82) is 0 Å². The summed E-state index contributed by atoms with van der Waals surface area (Å²) in [4.78, 5) is 12.4. The number of sulfonamides is 1. The third-order valence-electron chi connectivity index (χ3n) is 2.27. The lowest BCUT2D eigenvalue weighted by atomic mass is 10.5. The van der Waals surface area contributed by atoms with Gasteiger partial charge in [-0.1, -0.05) is 6.92 Å². The molecule has 0 amide bonds. The first-order valence-corrected chi connectivity index (χ1v) is 8.53. The maximum atomic E-state index is 10.8. The van der Waals surface area contributed by atoms with Gasteiger partial charge in [-0.2, -0.15) is 15.0 Å². The van der Waals surface area contributed by atoms with E-state index in [9.17, 15) is 8.42 Å². The van der Waals surface area contributed by atoms with Gasteiger partial charge in [0.05, 0.1) is 12.4 Å². The monoisotopic (exact) mass is 318 g/mol. The molecule has 0 aliphatic heterocycles. The summed E-state index contributed by atoms with van der Waals surface area (Å²) in [5, 5.41) is 10.8. The lowest BCUT2D eigenvalue weighted by Gasteiger charge is -2.09. The predicted molar refractivity (Wildman–Crippen MR) is 80.9 cm³/mol. The molecule has 0 unspecified atom stereocenters. The quantitative estimate of drug-likeness (QED) is 0.521. The van der Waals surface area contributed by atoms with Crippen LogP contribution in [-0.4, -0.2) is 48.8 Å². The van der Waals surface area contributed by atoms with Crippen molar-refractivity contribution in [2.75, 3.05) is 36.1 Å². The summed E-state index contributed by atoms with van der Waals surface area (Å²) < 4.78 is 27.1. The Morgan fingerprint density at radius 1 is 1.14 bits per heavy atom. The third kappa shape index (κ3) is 7.61. The maximum Gasteiger partial charge on any atom is 0.323 e. The molecule has 0 radical (unpaired) electrons. The van der Waals surface area contributed by atoms with Gasteiger partial charge in [0.1, 0.15) is 0 Å². The first-order valence-electron chi connectivity index (χ1n) is 6.81. The van der Waals surface area contributed by atoms with Crippen LogP contribution in [0.15, 0.2) is 0 Å². The predicted octanol–water partition coefficient (Wildman–Crippen LogP) is 0.183. The fourth-order valence-electron chi connectivity index (χ4n) is 1.40. The summed E-state index contributed by atoms with van der Waals surface area (Å²) >= 11 is 0. The van der Waals surface area contributed by atoms with Gasteiger partial charge >= 0.3 is 6.01 Å². The van der Waals surface area contributed by atoms with E-state index in [1.807, 2.05) is 13.8 Å². The van der Waals surface area contributed by atoms with Gasteiger partial charge in [0.15, 0.2) is 0 Å². The van der Waals surface area contributed by atoms with E-state index in [1.54, 1.807) is 0 Å². The van der Waals surface area contributed by atoms with E-state index in [0.717, 1.165) is 6.42 Å². The molecule has 0 aromatic carbocycles. The number of primary sulfonamides is 1. The van der Waals surface area contributed by atoms with Gasteiger partial charge in [0.25, 0.3) is 0 Å². The second-order valence-corrected chi connectivity index (χ2v) is 6.03. The molecule has 120 valence electrons. The molecule has 10 heteroatoms. The van der Waals surface area contributed by atoms with Crippen LogP contribution in [0.3, 0.4) is 0 Å². The van der Waals surface area contributed by atoms with Crippen LogP contribution in [0, 0.1) is 0 Å². The van der Waals surface area contributed by atoms with Crippen LogP contribution >= 0.6 is 0 Å². The third-order valence-corrected chi connectivity index (χ3v) is 3.13. The summed E-state index contributed by atoms with van der Waals surface area (Å²) in [6, 6.07) is 0.233. The van der Waals surface area contributed by atoms with Gasteiger partial charge in [0.2, 0.25) is 21.9 Å². The highest BCUT2D eigenvalue weighted by Crippen LogP contribution is 2.11. The molecule has 0 saturated heterocycles. The average molecular weight is 318 g/mol. The van der Waals surface area contributed by atoms with E-state index in [-0.39, 0.29) is 11.8 Å². The first kappa shape index (κ1) is 17.4. The molecule has 1 aromatic rings. The first-order chi connectivity index (χ1) is 9.94. The molecule has 0 aliphatic carbocycles. The van der Waals surface area contributed by atoms with Gasteiger partial charge in [-0.3, -0.25) is 0 Å². The van der Waals surface area contributed by atoms with Gasteiger partial charge in [-0.05, 0) is 19.8 Å². The molecule has 0 bridgehead atoms. The van der Waals surface area contributed by atoms with Crippen LogP contribution < -0.4 is 20.5 Å². The second-order valence-electron chi connectivity index (χ2n) is 4.29. The number of nitrogens with one attached hydrogen (secondary N) is 2. The second kappa shape index (κ2) is 8.57. The number of rotatable bonds is 10. The zero-order valence-corrected chi connectivity index (χ0v) is 13.1. The summed E-state index contributed by atoms with van der Waals surface area (Å²) in [6.45, 7) is 5.48. The Morgan fingerprint density at radius 2 is 1.81 bits per heavy atom. The molecule has 21 heavy (non-hydrogen) atoms. The summed E-state index contributed by atoms with van der Waals surface area (Å²) in [5.74, 6) is 0.652. The van der Waals surface area contributed by atoms with Crippen LogP contribution in [0.5, 0.6) is 6.01 Å². The Hall–Kier alpha value is -1.68. The van der Waals surface area contributed by atoms with E-state index in [1.165, 1.54) is 0 Å². The SMILES string of the molecule is CCCOc1nc(NCC)nc(NCCCS(N)(=O)=O)n1. The average Bonchev–Trinajstić information content (AvgIpc) is 2.41. The summed E-state index contributed by atoms with van der Waals surface area (Å²) in [7, 11) is -3.45. The number of anilines is 2. The highest BCUT2D eigenvalue weighted by atomic mass is 32.2. The fraction of sp³-hybridized carbons (Fsp3) is 0.727. The lowest BCUT2D eigenvalue weighted by molar-refractivity contribution is 0.292. The van der Waals surface area contributed by atoms with Gasteiger partial charge in [-0.15, -0.1) is 0 Å². The molecular formula is C11H22N6O3S. The number of hydrogen-bond acceptors (Lipinski definition) is 8. The largest absolute Gasteiger partial charge is 0.463 e. The van der Waals surface area contributed by atoms with Crippen molar-refractivity contribution in [2.45, 2.75) is 26.7 Å². The molecule has 1 aromatic heterocycles.